The number of hydrogen-bond acceptors (Lipinski definition) is 3. The van der Waals surface area contributed by atoms with Gasteiger partial charge in [0.1, 0.15) is 5.82 Å². The van der Waals surface area contributed by atoms with Crippen LogP contribution in [-0.2, 0) is 20.7 Å². The lowest BCUT2D eigenvalue weighted by molar-refractivity contribution is -0.154. The van der Waals surface area contributed by atoms with Crippen LogP contribution in [0.3, 0.4) is 0 Å². The summed E-state index contributed by atoms with van der Waals surface area (Å²) in [7, 11) is 0. The van der Waals surface area contributed by atoms with Crippen molar-refractivity contribution >= 4 is 17.6 Å². The van der Waals surface area contributed by atoms with Crippen molar-refractivity contribution in [1.82, 2.24) is 0 Å². The Morgan fingerprint density at radius 3 is 2.07 bits per heavy atom. The summed E-state index contributed by atoms with van der Waals surface area (Å²) >= 11 is 0. The topological polar surface area (TPSA) is 55.4 Å². The van der Waals surface area contributed by atoms with Crippen LogP contribution in [0.1, 0.15) is 17.2 Å². The maximum atomic E-state index is 13.0. The number of benzene rings is 3. The normalized spacial score (nSPS) is 11.4. The molecule has 1 amide bonds. The summed E-state index contributed by atoms with van der Waals surface area (Å²) in [6.07, 6.45) is -1.04. The fraction of sp³-hybridized carbons (Fsp3) is 0.0909. The Morgan fingerprint density at radius 2 is 1.44 bits per heavy atom. The molecule has 5 heteroatoms. The number of amides is 1. The number of nitrogens with one attached hydrogen (secondary N) is 1. The van der Waals surface area contributed by atoms with E-state index >= 15 is 0 Å². The predicted octanol–water partition coefficient (Wildman–Crippen LogP) is 4.29. The summed E-state index contributed by atoms with van der Waals surface area (Å²) in [5.74, 6) is -1.42. The van der Waals surface area contributed by atoms with Crippen LogP contribution in [0.4, 0.5) is 10.1 Å². The highest BCUT2D eigenvalue weighted by Crippen LogP contribution is 2.21. The molecule has 0 spiro atoms. The molecule has 0 radical (unpaired) electrons. The van der Waals surface area contributed by atoms with Gasteiger partial charge in [0.15, 0.2) is 0 Å². The number of hydrogen-bond donors (Lipinski definition) is 1. The van der Waals surface area contributed by atoms with Gasteiger partial charge in [-0.15, -0.1) is 0 Å². The van der Waals surface area contributed by atoms with Crippen molar-refractivity contribution in [1.29, 1.82) is 0 Å². The SMILES string of the molecule is O=C(Cc1ccccc1)O[C@@H](C(=O)Nc1ccc(F)cc1)c1ccccc1. The maximum Gasteiger partial charge on any atom is 0.311 e. The molecule has 0 aliphatic rings. The molecule has 1 atom stereocenters. The third-order valence-electron chi connectivity index (χ3n) is 3.89. The van der Waals surface area contributed by atoms with E-state index in [1.807, 2.05) is 36.4 Å². The Balaban J connectivity index is 1.75. The van der Waals surface area contributed by atoms with Crippen LogP contribution in [0.25, 0.3) is 0 Å². The molecule has 0 saturated heterocycles. The molecule has 1 N–H and O–H groups in total. The average molecular weight is 363 g/mol. The van der Waals surface area contributed by atoms with Crippen LogP contribution in [0.2, 0.25) is 0 Å². The van der Waals surface area contributed by atoms with Gasteiger partial charge in [0.2, 0.25) is 6.10 Å². The molecule has 0 aliphatic carbocycles. The fourth-order valence-corrected chi connectivity index (χ4v) is 2.58. The monoisotopic (exact) mass is 363 g/mol. The molecule has 0 fully saturated rings. The second-order valence-corrected chi connectivity index (χ2v) is 5.94. The van der Waals surface area contributed by atoms with E-state index in [0.29, 0.717) is 11.3 Å². The van der Waals surface area contributed by atoms with Crippen LogP contribution in [0.15, 0.2) is 84.9 Å². The third-order valence-corrected chi connectivity index (χ3v) is 3.89. The van der Waals surface area contributed by atoms with E-state index in [-0.39, 0.29) is 6.42 Å². The second kappa shape index (κ2) is 8.76. The first-order valence-electron chi connectivity index (χ1n) is 8.46. The van der Waals surface area contributed by atoms with E-state index in [2.05, 4.69) is 5.32 Å². The van der Waals surface area contributed by atoms with Crippen LogP contribution >= 0.6 is 0 Å². The lowest BCUT2D eigenvalue weighted by Crippen LogP contribution is -2.26. The summed E-state index contributed by atoms with van der Waals surface area (Å²) in [5.41, 5.74) is 1.77. The zero-order valence-corrected chi connectivity index (χ0v) is 14.5. The van der Waals surface area contributed by atoms with Gasteiger partial charge in [0.25, 0.3) is 5.91 Å². The predicted molar refractivity (Wildman–Crippen MR) is 100 cm³/mol. The van der Waals surface area contributed by atoms with Gasteiger partial charge in [0.05, 0.1) is 6.42 Å². The fourth-order valence-electron chi connectivity index (χ4n) is 2.58. The number of carbonyl (C=O) groups is 2. The minimum absolute atomic E-state index is 0.0635. The third kappa shape index (κ3) is 5.25. The molecule has 136 valence electrons. The molecular formula is C22H18FNO3. The van der Waals surface area contributed by atoms with Crippen molar-refractivity contribution in [3.05, 3.63) is 102 Å². The van der Waals surface area contributed by atoms with Crippen LogP contribution in [0, 0.1) is 5.82 Å². The molecule has 0 saturated carbocycles. The molecule has 3 aromatic rings. The second-order valence-electron chi connectivity index (χ2n) is 5.94. The van der Waals surface area contributed by atoms with Gasteiger partial charge in [-0.2, -0.15) is 0 Å². The van der Waals surface area contributed by atoms with Crippen molar-refractivity contribution in [3.63, 3.8) is 0 Å². The first-order chi connectivity index (χ1) is 13.1. The quantitative estimate of drug-likeness (QED) is 0.665. The van der Waals surface area contributed by atoms with E-state index in [4.69, 9.17) is 4.74 Å². The van der Waals surface area contributed by atoms with Crippen LogP contribution in [0.5, 0.6) is 0 Å². The summed E-state index contributed by atoms with van der Waals surface area (Å²) in [6.45, 7) is 0. The highest BCUT2D eigenvalue weighted by molar-refractivity contribution is 5.96. The number of rotatable bonds is 6. The molecule has 0 unspecified atom stereocenters. The minimum atomic E-state index is -1.10. The van der Waals surface area contributed by atoms with E-state index in [9.17, 15) is 14.0 Å². The van der Waals surface area contributed by atoms with Crippen molar-refractivity contribution < 1.29 is 18.7 Å². The molecular weight excluding hydrogens is 345 g/mol. The molecule has 3 rings (SSSR count). The molecule has 0 aromatic heterocycles. The van der Waals surface area contributed by atoms with Gasteiger partial charge >= 0.3 is 5.97 Å². The van der Waals surface area contributed by atoms with Crippen LogP contribution in [-0.4, -0.2) is 11.9 Å². The average Bonchev–Trinajstić information content (AvgIpc) is 2.69. The molecule has 3 aromatic carbocycles. The number of ether oxygens (including phenoxy) is 1. The van der Waals surface area contributed by atoms with Crippen molar-refractivity contribution in [2.45, 2.75) is 12.5 Å². The molecule has 27 heavy (non-hydrogen) atoms. The summed E-state index contributed by atoms with van der Waals surface area (Å²) < 4.78 is 18.5. The Labute approximate surface area is 156 Å². The Hall–Kier alpha value is -3.47. The first-order valence-corrected chi connectivity index (χ1v) is 8.46. The van der Waals surface area contributed by atoms with Gasteiger partial charge in [-0.05, 0) is 29.8 Å². The summed E-state index contributed by atoms with van der Waals surface area (Å²) in [4.78, 5) is 25.0. The first kappa shape index (κ1) is 18.3. The molecule has 0 aliphatic heterocycles. The van der Waals surface area contributed by atoms with E-state index in [1.165, 1.54) is 24.3 Å². The van der Waals surface area contributed by atoms with Crippen LogP contribution < -0.4 is 5.32 Å². The number of halogens is 1. The zero-order valence-electron chi connectivity index (χ0n) is 14.5. The van der Waals surface area contributed by atoms with Gasteiger partial charge in [-0.3, -0.25) is 9.59 Å². The zero-order chi connectivity index (χ0) is 19.1. The Bertz CT molecular complexity index is 896. The van der Waals surface area contributed by atoms with E-state index in [0.717, 1.165) is 5.56 Å². The lowest BCUT2D eigenvalue weighted by atomic mass is 10.1. The minimum Gasteiger partial charge on any atom is -0.447 e. The standard InChI is InChI=1S/C22H18FNO3/c23-18-11-13-19(14-12-18)24-22(26)21(17-9-5-2-6-10-17)27-20(25)15-16-7-3-1-4-8-16/h1-14,21H,15H2,(H,24,26)/t21-/m1/s1. The summed E-state index contributed by atoms with van der Waals surface area (Å²) in [6, 6.07) is 23.3. The molecule has 0 heterocycles. The van der Waals surface area contributed by atoms with E-state index in [1.54, 1.807) is 24.3 Å². The smallest absolute Gasteiger partial charge is 0.311 e. The summed E-state index contributed by atoms with van der Waals surface area (Å²) in [5, 5.41) is 2.65. The van der Waals surface area contributed by atoms with Gasteiger partial charge in [-0.1, -0.05) is 60.7 Å². The molecule has 0 bridgehead atoms. The lowest BCUT2D eigenvalue weighted by Gasteiger charge is -2.18. The van der Waals surface area contributed by atoms with Crippen molar-refractivity contribution in [3.8, 4) is 0 Å². The maximum absolute atomic E-state index is 13.0. The Kier molecular flexibility index (Phi) is 5.94. The molecule has 4 nitrogen and oxygen atoms in total. The van der Waals surface area contributed by atoms with E-state index < -0.39 is 23.8 Å². The van der Waals surface area contributed by atoms with Gasteiger partial charge < -0.3 is 10.1 Å². The van der Waals surface area contributed by atoms with Gasteiger partial charge in [-0.25, -0.2) is 4.39 Å². The number of esters is 1. The van der Waals surface area contributed by atoms with Crippen molar-refractivity contribution in [2.24, 2.45) is 0 Å². The highest BCUT2D eigenvalue weighted by Gasteiger charge is 2.25. The Morgan fingerprint density at radius 1 is 0.852 bits per heavy atom. The highest BCUT2D eigenvalue weighted by atomic mass is 19.1. The number of anilines is 1. The van der Waals surface area contributed by atoms with Crippen molar-refractivity contribution in [2.75, 3.05) is 5.32 Å². The van der Waals surface area contributed by atoms with Gasteiger partial charge in [0, 0.05) is 11.3 Å². The largest absolute Gasteiger partial charge is 0.447 e. The number of carbonyl (C=O) groups excluding carboxylic acids is 2.